The highest BCUT2D eigenvalue weighted by atomic mass is 35.5. The van der Waals surface area contributed by atoms with Crippen LogP contribution in [0.3, 0.4) is 0 Å². The Morgan fingerprint density at radius 1 is 1.15 bits per heavy atom. The van der Waals surface area contributed by atoms with Gasteiger partial charge in [0.1, 0.15) is 0 Å². The smallest absolute Gasteiger partial charge is 0.317 e. The van der Waals surface area contributed by atoms with Gasteiger partial charge in [-0.25, -0.2) is 0 Å². The lowest BCUT2D eigenvalue weighted by molar-refractivity contribution is -0.150. The highest BCUT2D eigenvalue weighted by Crippen LogP contribution is 2.27. The summed E-state index contributed by atoms with van der Waals surface area (Å²) in [6.07, 6.45) is 2.59. The third-order valence-electron chi connectivity index (χ3n) is 4.22. The number of thioether (sulfide) groups is 1. The standard InChI is InChI=1S/C20H20ClNO3S/c1-13(20(24)22-17-8-6-16(21)7-9-17)25-19(23)12-26-18-10-5-14-3-2-4-15(14)11-18/h5-11,13H,2-4,12H2,1H3,(H,22,24)/t13-/m0/s1. The lowest BCUT2D eigenvalue weighted by Crippen LogP contribution is -2.30. The molecule has 0 fully saturated rings. The predicted octanol–water partition coefficient (Wildman–Crippen LogP) is 4.49. The van der Waals surface area contributed by atoms with Crippen molar-refractivity contribution in [3.05, 3.63) is 58.6 Å². The van der Waals surface area contributed by atoms with Crippen LogP contribution in [0.25, 0.3) is 0 Å². The zero-order valence-electron chi connectivity index (χ0n) is 14.5. The van der Waals surface area contributed by atoms with Crippen LogP contribution in [0.2, 0.25) is 5.02 Å². The van der Waals surface area contributed by atoms with E-state index >= 15 is 0 Å². The van der Waals surface area contributed by atoms with Gasteiger partial charge in [0.2, 0.25) is 0 Å². The van der Waals surface area contributed by atoms with Crippen molar-refractivity contribution in [2.45, 2.75) is 37.2 Å². The largest absolute Gasteiger partial charge is 0.452 e. The van der Waals surface area contributed by atoms with Crippen LogP contribution in [0, 0.1) is 0 Å². The SMILES string of the molecule is C[C@H](OC(=O)CSc1ccc2c(c1)CCC2)C(=O)Nc1ccc(Cl)cc1. The molecule has 0 radical (unpaired) electrons. The Labute approximate surface area is 162 Å². The Kier molecular flexibility index (Phi) is 6.22. The summed E-state index contributed by atoms with van der Waals surface area (Å²) < 4.78 is 5.22. The maximum Gasteiger partial charge on any atom is 0.317 e. The molecule has 0 heterocycles. The summed E-state index contributed by atoms with van der Waals surface area (Å²) in [6.45, 7) is 1.56. The first-order valence-corrected chi connectivity index (χ1v) is 9.88. The summed E-state index contributed by atoms with van der Waals surface area (Å²) in [5, 5.41) is 3.28. The van der Waals surface area contributed by atoms with Crippen molar-refractivity contribution in [1.29, 1.82) is 0 Å². The molecule has 136 valence electrons. The minimum atomic E-state index is -0.862. The second kappa shape index (κ2) is 8.60. The Bertz CT molecular complexity index is 807. The Morgan fingerprint density at radius 3 is 2.65 bits per heavy atom. The molecule has 2 aromatic carbocycles. The van der Waals surface area contributed by atoms with E-state index in [1.165, 1.54) is 29.3 Å². The van der Waals surface area contributed by atoms with Crippen molar-refractivity contribution in [3.8, 4) is 0 Å². The van der Waals surface area contributed by atoms with E-state index in [2.05, 4.69) is 17.4 Å². The monoisotopic (exact) mass is 389 g/mol. The van der Waals surface area contributed by atoms with Crippen LogP contribution in [-0.4, -0.2) is 23.7 Å². The van der Waals surface area contributed by atoms with Gasteiger partial charge >= 0.3 is 5.97 Å². The number of nitrogens with one attached hydrogen (secondary N) is 1. The average Bonchev–Trinajstić information content (AvgIpc) is 3.09. The number of halogens is 1. The van der Waals surface area contributed by atoms with E-state index in [4.69, 9.17) is 16.3 Å². The summed E-state index contributed by atoms with van der Waals surface area (Å²) in [5.74, 6) is -0.602. The molecule has 1 amide bonds. The van der Waals surface area contributed by atoms with E-state index < -0.39 is 12.1 Å². The van der Waals surface area contributed by atoms with Crippen molar-refractivity contribution in [2.75, 3.05) is 11.1 Å². The number of hydrogen-bond acceptors (Lipinski definition) is 4. The number of ether oxygens (including phenoxy) is 1. The fourth-order valence-corrected chi connectivity index (χ4v) is 3.71. The van der Waals surface area contributed by atoms with Crippen molar-refractivity contribution < 1.29 is 14.3 Å². The summed E-state index contributed by atoms with van der Waals surface area (Å²) in [7, 11) is 0. The molecule has 1 N–H and O–H groups in total. The molecule has 4 nitrogen and oxygen atoms in total. The van der Waals surface area contributed by atoms with Crippen molar-refractivity contribution in [3.63, 3.8) is 0 Å². The molecular weight excluding hydrogens is 370 g/mol. The normalized spacial score (nSPS) is 13.8. The maximum absolute atomic E-state index is 12.1. The summed E-state index contributed by atoms with van der Waals surface area (Å²) in [5.41, 5.74) is 3.39. The maximum atomic E-state index is 12.1. The molecule has 0 unspecified atom stereocenters. The number of benzene rings is 2. The Hall–Kier alpha value is -1.98. The Morgan fingerprint density at radius 2 is 1.88 bits per heavy atom. The van der Waals surface area contributed by atoms with Crippen molar-refractivity contribution >= 4 is 40.9 Å². The Balaban J connectivity index is 1.46. The van der Waals surface area contributed by atoms with E-state index in [1.54, 1.807) is 31.2 Å². The average molecular weight is 390 g/mol. The first kappa shape index (κ1) is 18.8. The fraction of sp³-hybridized carbons (Fsp3) is 0.300. The highest BCUT2D eigenvalue weighted by molar-refractivity contribution is 8.00. The van der Waals surface area contributed by atoms with Gasteiger partial charge in [0.05, 0.1) is 5.75 Å². The van der Waals surface area contributed by atoms with Gasteiger partial charge in [-0.1, -0.05) is 17.7 Å². The molecule has 6 heteroatoms. The predicted molar refractivity (Wildman–Crippen MR) is 105 cm³/mol. The second-order valence-electron chi connectivity index (χ2n) is 6.20. The summed E-state index contributed by atoms with van der Waals surface area (Å²) >= 11 is 7.24. The topological polar surface area (TPSA) is 55.4 Å². The number of carbonyl (C=O) groups is 2. The van der Waals surface area contributed by atoms with Gasteiger partial charge in [-0.2, -0.15) is 0 Å². The zero-order chi connectivity index (χ0) is 18.5. The third kappa shape index (κ3) is 5.02. The van der Waals surface area contributed by atoms with Crippen molar-refractivity contribution in [1.82, 2.24) is 0 Å². The van der Waals surface area contributed by atoms with Crippen LogP contribution in [0.1, 0.15) is 24.5 Å². The number of amides is 1. The van der Waals surface area contributed by atoms with Gasteiger partial charge < -0.3 is 10.1 Å². The van der Waals surface area contributed by atoms with Crippen molar-refractivity contribution in [2.24, 2.45) is 0 Å². The molecule has 26 heavy (non-hydrogen) atoms. The van der Waals surface area contributed by atoms with E-state index in [-0.39, 0.29) is 11.7 Å². The van der Waals surface area contributed by atoms with Crippen LogP contribution in [0.5, 0.6) is 0 Å². The lowest BCUT2D eigenvalue weighted by atomic mass is 10.1. The number of fused-ring (bicyclic) bond motifs is 1. The number of hydrogen-bond donors (Lipinski definition) is 1. The minimum absolute atomic E-state index is 0.178. The van der Waals surface area contributed by atoms with E-state index in [0.717, 1.165) is 17.7 Å². The molecule has 1 aliphatic carbocycles. The molecule has 0 saturated heterocycles. The number of anilines is 1. The second-order valence-corrected chi connectivity index (χ2v) is 7.69. The van der Waals surface area contributed by atoms with Gasteiger partial charge in [0, 0.05) is 15.6 Å². The lowest BCUT2D eigenvalue weighted by Gasteiger charge is -2.13. The summed E-state index contributed by atoms with van der Waals surface area (Å²) in [6, 6.07) is 13.1. The number of esters is 1. The zero-order valence-corrected chi connectivity index (χ0v) is 16.0. The van der Waals surface area contributed by atoms with E-state index in [9.17, 15) is 9.59 Å². The van der Waals surface area contributed by atoms with Gasteiger partial charge in [0.15, 0.2) is 6.10 Å². The third-order valence-corrected chi connectivity index (χ3v) is 5.44. The molecule has 0 bridgehead atoms. The molecule has 3 rings (SSSR count). The van der Waals surface area contributed by atoms with E-state index in [0.29, 0.717) is 10.7 Å². The van der Waals surface area contributed by atoms with Gasteiger partial charge in [0.25, 0.3) is 5.91 Å². The molecular formula is C20H20ClNO3S. The van der Waals surface area contributed by atoms with Crippen LogP contribution in [-0.2, 0) is 27.2 Å². The number of carbonyl (C=O) groups excluding carboxylic acids is 2. The molecule has 0 aliphatic heterocycles. The van der Waals surface area contributed by atoms with Crippen LogP contribution >= 0.6 is 23.4 Å². The number of aryl methyl sites for hydroxylation is 2. The molecule has 0 spiro atoms. The van der Waals surface area contributed by atoms with Crippen LogP contribution < -0.4 is 5.32 Å². The van der Waals surface area contributed by atoms with Gasteiger partial charge in [-0.15, -0.1) is 11.8 Å². The molecule has 1 aliphatic rings. The molecule has 1 atom stereocenters. The first-order valence-electron chi connectivity index (χ1n) is 8.52. The molecule has 2 aromatic rings. The first-order chi connectivity index (χ1) is 12.5. The minimum Gasteiger partial charge on any atom is -0.452 e. The number of rotatable bonds is 6. The summed E-state index contributed by atoms with van der Waals surface area (Å²) in [4.78, 5) is 25.2. The fourth-order valence-electron chi connectivity index (χ4n) is 2.84. The van der Waals surface area contributed by atoms with Crippen LogP contribution in [0.15, 0.2) is 47.4 Å². The van der Waals surface area contributed by atoms with Gasteiger partial charge in [-0.05, 0) is 73.7 Å². The van der Waals surface area contributed by atoms with Gasteiger partial charge in [-0.3, -0.25) is 9.59 Å². The van der Waals surface area contributed by atoms with Crippen LogP contribution in [0.4, 0.5) is 5.69 Å². The van der Waals surface area contributed by atoms with E-state index in [1.807, 2.05) is 6.07 Å². The highest BCUT2D eigenvalue weighted by Gasteiger charge is 2.18. The molecule has 0 aromatic heterocycles. The quantitative estimate of drug-likeness (QED) is 0.584. The molecule has 0 saturated carbocycles.